The van der Waals surface area contributed by atoms with E-state index in [0.717, 1.165) is 38.0 Å². The first-order valence-electron chi connectivity index (χ1n) is 7.70. The second-order valence-electron chi connectivity index (χ2n) is 5.70. The van der Waals surface area contributed by atoms with Crippen molar-refractivity contribution in [3.8, 4) is 0 Å². The first-order valence-corrected chi connectivity index (χ1v) is 8.58. The predicted octanol–water partition coefficient (Wildman–Crippen LogP) is 2.75. The Balaban J connectivity index is 1.74. The van der Waals surface area contributed by atoms with E-state index in [-0.39, 0.29) is 12.1 Å². The second-order valence-corrected chi connectivity index (χ2v) is 6.64. The lowest BCUT2D eigenvalue weighted by atomic mass is 10.2. The normalized spacial score (nSPS) is 22.5. The maximum Gasteiger partial charge on any atom is 0.244 e. The van der Waals surface area contributed by atoms with Gasteiger partial charge < -0.3 is 9.26 Å². The van der Waals surface area contributed by atoms with Crippen LogP contribution in [-0.4, -0.2) is 39.8 Å². The molecule has 0 unspecified atom stereocenters. The van der Waals surface area contributed by atoms with Crippen LogP contribution < -0.4 is 0 Å². The number of hydrogen-bond acceptors (Lipinski definition) is 7. The van der Waals surface area contributed by atoms with Crippen LogP contribution in [0.4, 0.5) is 0 Å². The van der Waals surface area contributed by atoms with E-state index in [4.69, 9.17) is 14.2 Å². The maximum atomic E-state index is 5.53. The van der Waals surface area contributed by atoms with Gasteiger partial charge in [-0.2, -0.15) is 4.98 Å². The van der Waals surface area contributed by atoms with Crippen molar-refractivity contribution in [3.63, 3.8) is 0 Å². The van der Waals surface area contributed by atoms with Crippen LogP contribution in [0, 0.1) is 6.92 Å². The van der Waals surface area contributed by atoms with Crippen LogP contribution in [0.15, 0.2) is 9.90 Å². The Hall–Kier alpha value is -1.31. The number of thiazole rings is 1. The molecule has 6 nitrogen and oxygen atoms in total. The highest BCUT2D eigenvalue weighted by Crippen LogP contribution is 2.33. The molecule has 0 aliphatic carbocycles. The van der Waals surface area contributed by atoms with Crippen LogP contribution in [0.3, 0.4) is 0 Å². The van der Waals surface area contributed by atoms with Gasteiger partial charge in [0, 0.05) is 25.6 Å². The van der Waals surface area contributed by atoms with Crippen molar-refractivity contribution in [3.05, 3.63) is 27.8 Å². The Kier molecular flexibility index (Phi) is 4.85. The highest BCUT2D eigenvalue weighted by Gasteiger charge is 2.36. The summed E-state index contributed by atoms with van der Waals surface area (Å²) >= 11 is 1.74. The molecule has 1 aliphatic rings. The van der Waals surface area contributed by atoms with E-state index in [2.05, 4.69) is 27.3 Å². The third-order valence-electron chi connectivity index (χ3n) is 3.96. The molecule has 0 aromatic carbocycles. The highest BCUT2D eigenvalue weighted by atomic mass is 32.1. The average molecular weight is 322 g/mol. The molecule has 0 amide bonds. The molecule has 2 aromatic heterocycles. The lowest BCUT2D eigenvalue weighted by Gasteiger charge is -2.19. The van der Waals surface area contributed by atoms with E-state index < -0.39 is 0 Å². The molecule has 1 fully saturated rings. The zero-order valence-electron chi connectivity index (χ0n) is 13.3. The fraction of sp³-hybridized carbons (Fsp3) is 0.667. The molecule has 1 aliphatic heterocycles. The molecule has 0 spiro atoms. The van der Waals surface area contributed by atoms with Gasteiger partial charge in [-0.25, -0.2) is 4.98 Å². The first kappa shape index (κ1) is 15.6. The number of ether oxygens (including phenoxy) is 1. The minimum Gasteiger partial charge on any atom is -0.380 e. The minimum atomic E-state index is 0.113. The van der Waals surface area contributed by atoms with Gasteiger partial charge in [-0.1, -0.05) is 12.1 Å². The van der Waals surface area contributed by atoms with Crippen molar-refractivity contribution in [2.24, 2.45) is 0 Å². The molecule has 3 heterocycles. The fourth-order valence-corrected chi connectivity index (χ4v) is 3.76. The number of methoxy groups -OCH3 is 1. The zero-order valence-corrected chi connectivity index (χ0v) is 14.1. The van der Waals surface area contributed by atoms with E-state index in [1.807, 2.05) is 6.92 Å². The summed E-state index contributed by atoms with van der Waals surface area (Å²) in [6.07, 6.45) is 3.26. The number of rotatable bonds is 6. The Morgan fingerprint density at radius 1 is 1.45 bits per heavy atom. The minimum absolute atomic E-state index is 0.113. The Morgan fingerprint density at radius 3 is 3.00 bits per heavy atom. The molecule has 1 saturated heterocycles. The Morgan fingerprint density at radius 2 is 2.32 bits per heavy atom. The molecule has 0 saturated carbocycles. The van der Waals surface area contributed by atoms with E-state index in [0.29, 0.717) is 11.7 Å². The van der Waals surface area contributed by atoms with E-state index in [1.54, 1.807) is 18.4 Å². The number of aromatic nitrogens is 3. The van der Waals surface area contributed by atoms with Crippen molar-refractivity contribution in [1.29, 1.82) is 0 Å². The third kappa shape index (κ3) is 3.37. The van der Waals surface area contributed by atoms with Gasteiger partial charge >= 0.3 is 0 Å². The molecule has 120 valence electrons. The molecule has 2 aromatic rings. The maximum absolute atomic E-state index is 5.53. The molecule has 0 radical (unpaired) electrons. The van der Waals surface area contributed by atoms with Crippen molar-refractivity contribution in [2.75, 3.05) is 13.7 Å². The van der Waals surface area contributed by atoms with Crippen LogP contribution >= 0.6 is 11.3 Å². The standard InChI is InChI=1S/C15H22N4O2S/c1-4-5-14-17-11(9-22-14)7-19-8-12(20-3)6-13(19)15-16-10(2)18-21-15/h9,12-13H,4-8H2,1-3H3/t12-,13-/m1/s1. The number of aryl methyl sites for hydroxylation is 2. The summed E-state index contributed by atoms with van der Waals surface area (Å²) in [5.74, 6) is 1.36. The molecule has 0 bridgehead atoms. The summed E-state index contributed by atoms with van der Waals surface area (Å²) in [6, 6.07) is 0.113. The summed E-state index contributed by atoms with van der Waals surface area (Å²) in [7, 11) is 1.76. The van der Waals surface area contributed by atoms with E-state index in [9.17, 15) is 0 Å². The molecule has 7 heteroatoms. The van der Waals surface area contributed by atoms with Crippen molar-refractivity contribution in [2.45, 2.75) is 51.8 Å². The average Bonchev–Trinajstić information content (AvgIpc) is 3.20. The van der Waals surface area contributed by atoms with Gasteiger partial charge in [0.2, 0.25) is 5.89 Å². The van der Waals surface area contributed by atoms with Gasteiger partial charge in [-0.05, 0) is 26.2 Å². The van der Waals surface area contributed by atoms with Gasteiger partial charge in [0.1, 0.15) is 0 Å². The van der Waals surface area contributed by atoms with Crippen molar-refractivity contribution >= 4 is 11.3 Å². The molecule has 3 rings (SSSR count). The summed E-state index contributed by atoms with van der Waals surface area (Å²) in [5.41, 5.74) is 1.12. The van der Waals surface area contributed by atoms with Gasteiger partial charge in [0.05, 0.1) is 22.8 Å². The fourth-order valence-electron chi connectivity index (χ4n) is 2.87. The summed E-state index contributed by atoms with van der Waals surface area (Å²) in [4.78, 5) is 11.4. The van der Waals surface area contributed by atoms with Crippen LogP contribution in [0.1, 0.15) is 48.2 Å². The largest absolute Gasteiger partial charge is 0.380 e. The van der Waals surface area contributed by atoms with Crippen LogP contribution in [-0.2, 0) is 17.7 Å². The molecule has 0 N–H and O–H groups in total. The number of nitrogens with zero attached hydrogens (tertiary/aromatic N) is 4. The van der Waals surface area contributed by atoms with E-state index in [1.165, 1.54) is 5.01 Å². The zero-order chi connectivity index (χ0) is 15.5. The third-order valence-corrected chi connectivity index (χ3v) is 4.91. The first-order chi connectivity index (χ1) is 10.7. The van der Waals surface area contributed by atoms with Crippen LogP contribution in [0.2, 0.25) is 0 Å². The van der Waals surface area contributed by atoms with Crippen LogP contribution in [0.25, 0.3) is 0 Å². The lowest BCUT2D eigenvalue weighted by Crippen LogP contribution is -2.25. The molecule has 22 heavy (non-hydrogen) atoms. The second kappa shape index (κ2) is 6.85. The number of likely N-dealkylation sites (tertiary alicyclic amines) is 1. The van der Waals surface area contributed by atoms with Gasteiger partial charge in [0.15, 0.2) is 5.82 Å². The van der Waals surface area contributed by atoms with Crippen molar-refractivity contribution < 1.29 is 9.26 Å². The lowest BCUT2D eigenvalue weighted by molar-refractivity contribution is 0.107. The Labute approximate surface area is 134 Å². The number of hydrogen-bond donors (Lipinski definition) is 0. The highest BCUT2D eigenvalue weighted by molar-refractivity contribution is 7.09. The Bertz CT molecular complexity index is 612. The van der Waals surface area contributed by atoms with Gasteiger partial charge in [-0.3, -0.25) is 4.90 Å². The van der Waals surface area contributed by atoms with Gasteiger partial charge in [-0.15, -0.1) is 11.3 Å². The van der Waals surface area contributed by atoms with Crippen molar-refractivity contribution in [1.82, 2.24) is 20.0 Å². The summed E-state index contributed by atoms with van der Waals surface area (Å²) < 4.78 is 10.9. The quantitative estimate of drug-likeness (QED) is 0.815. The van der Waals surface area contributed by atoms with E-state index >= 15 is 0 Å². The molecular formula is C15H22N4O2S. The predicted molar refractivity (Wildman–Crippen MR) is 83.7 cm³/mol. The summed E-state index contributed by atoms with van der Waals surface area (Å²) in [6.45, 7) is 5.69. The smallest absolute Gasteiger partial charge is 0.244 e. The van der Waals surface area contributed by atoms with Gasteiger partial charge in [0.25, 0.3) is 0 Å². The summed E-state index contributed by atoms with van der Waals surface area (Å²) in [5, 5.41) is 7.28. The SMILES string of the molecule is CCCc1nc(CN2C[C@H](OC)C[C@@H]2c2nc(C)no2)cs1. The molecule has 2 atom stereocenters. The molecular weight excluding hydrogens is 300 g/mol. The topological polar surface area (TPSA) is 64.3 Å². The van der Waals surface area contributed by atoms with Crippen LogP contribution in [0.5, 0.6) is 0 Å². The monoisotopic (exact) mass is 322 g/mol.